The van der Waals surface area contributed by atoms with Gasteiger partial charge in [0.25, 0.3) is 0 Å². The van der Waals surface area contributed by atoms with Crippen molar-refractivity contribution in [3.8, 4) is 10.7 Å². The number of benzene rings is 1. The number of fused-ring (bicyclic) bond motifs is 1. The minimum absolute atomic E-state index is 0.224. The van der Waals surface area contributed by atoms with Gasteiger partial charge < -0.3 is 0 Å². The molecule has 0 aliphatic heterocycles. The third kappa shape index (κ3) is 2.20. The van der Waals surface area contributed by atoms with Gasteiger partial charge in [0.05, 0.1) is 15.4 Å². The number of thiophene rings is 1. The van der Waals surface area contributed by atoms with Crippen molar-refractivity contribution >= 4 is 45.4 Å². The van der Waals surface area contributed by atoms with Crippen molar-refractivity contribution in [3.63, 3.8) is 0 Å². The highest BCUT2D eigenvalue weighted by Crippen LogP contribution is 2.36. The lowest BCUT2D eigenvalue weighted by molar-refractivity contribution is 0.629. The molecule has 19 heavy (non-hydrogen) atoms. The molecule has 0 saturated heterocycles. The second-order valence-electron chi connectivity index (χ2n) is 4.06. The van der Waals surface area contributed by atoms with E-state index in [2.05, 4.69) is 9.97 Å². The maximum absolute atomic E-state index is 13.2. The fourth-order valence-corrected chi connectivity index (χ4v) is 3.19. The molecule has 6 heteroatoms. The Labute approximate surface area is 122 Å². The lowest BCUT2D eigenvalue weighted by Crippen LogP contribution is -1.91. The molecule has 0 spiro atoms. The van der Waals surface area contributed by atoms with Crippen LogP contribution in [0.25, 0.3) is 21.6 Å². The van der Waals surface area contributed by atoms with Crippen molar-refractivity contribution < 1.29 is 4.39 Å². The van der Waals surface area contributed by atoms with Crippen LogP contribution < -0.4 is 0 Å². The van der Waals surface area contributed by atoms with Gasteiger partial charge in [-0.1, -0.05) is 23.2 Å². The molecule has 0 bridgehead atoms. The zero-order chi connectivity index (χ0) is 13.6. The zero-order valence-corrected chi connectivity index (χ0v) is 12.1. The van der Waals surface area contributed by atoms with Crippen LogP contribution in [0.15, 0.2) is 23.6 Å². The maximum Gasteiger partial charge on any atom is 0.173 e. The molecular weight excluding hydrogens is 306 g/mol. The van der Waals surface area contributed by atoms with E-state index in [0.29, 0.717) is 21.7 Å². The van der Waals surface area contributed by atoms with Gasteiger partial charge in [0.2, 0.25) is 0 Å². The fourth-order valence-electron chi connectivity index (χ4n) is 1.75. The summed E-state index contributed by atoms with van der Waals surface area (Å²) in [6.45, 7) is 1.92. The van der Waals surface area contributed by atoms with Crippen LogP contribution in [0.2, 0.25) is 10.2 Å². The van der Waals surface area contributed by atoms with Crippen LogP contribution in [0.4, 0.5) is 4.39 Å². The molecule has 1 aromatic carbocycles. The lowest BCUT2D eigenvalue weighted by Gasteiger charge is -2.03. The molecule has 0 unspecified atom stereocenters. The standard InChI is InChI=1S/C13H7Cl2FN2S/c1-6-5-19-11(10(6)14)13-17-9-3-2-7(16)4-8(9)12(15)18-13/h2-5H,1H3. The third-order valence-corrected chi connectivity index (χ3v) is 4.69. The zero-order valence-electron chi connectivity index (χ0n) is 9.75. The number of aromatic nitrogens is 2. The quantitative estimate of drug-likeness (QED) is 0.583. The summed E-state index contributed by atoms with van der Waals surface area (Å²) in [6, 6.07) is 4.25. The second kappa shape index (κ2) is 4.71. The predicted molar refractivity (Wildman–Crippen MR) is 77.6 cm³/mol. The van der Waals surface area contributed by atoms with E-state index in [4.69, 9.17) is 23.2 Å². The second-order valence-corrected chi connectivity index (χ2v) is 5.68. The molecule has 0 aliphatic carbocycles. The van der Waals surface area contributed by atoms with Crippen LogP contribution in [0.3, 0.4) is 0 Å². The summed E-state index contributed by atoms with van der Waals surface area (Å²) >= 11 is 13.7. The highest BCUT2D eigenvalue weighted by Gasteiger charge is 2.14. The molecule has 0 amide bonds. The molecule has 2 aromatic heterocycles. The summed E-state index contributed by atoms with van der Waals surface area (Å²) in [5, 5.41) is 3.28. The first kappa shape index (κ1) is 12.8. The summed E-state index contributed by atoms with van der Waals surface area (Å²) in [6.07, 6.45) is 0. The van der Waals surface area contributed by atoms with Gasteiger partial charge in [-0.05, 0) is 36.1 Å². The first-order valence-corrected chi connectivity index (χ1v) is 7.06. The van der Waals surface area contributed by atoms with Crippen molar-refractivity contribution in [1.82, 2.24) is 9.97 Å². The summed E-state index contributed by atoms with van der Waals surface area (Å²) in [4.78, 5) is 9.36. The first-order chi connectivity index (χ1) is 9.06. The van der Waals surface area contributed by atoms with Crippen molar-refractivity contribution in [2.75, 3.05) is 0 Å². The molecule has 0 fully saturated rings. The minimum atomic E-state index is -0.365. The van der Waals surface area contributed by atoms with Crippen LogP contribution in [-0.4, -0.2) is 9.97 Å². The lowest BCUT2D eigenvalue weighted by atomic mass is 10.2. The molecule has 3 rings (SSSR count). The van der Waals surface area contributed by atoms with Gasteiger partial charge in [0.1, 0.15) is 11.0 Å². The van der Waals surface area contributed by atoms with Crippen LogP contribution in [0.1, 0.15) is 5.56 Å². The number of hydrogen-bond acceptors (Lipinski definition) is 3. The Morgan fingerprint density at radius 1 is 1.21 bits per heavy atom. The van der Waals surface area contributed by atoms with E-state index in [1.807, 2.05) is 12.3 Å². The maximum atomic E-state index is 13.2. The first-order valence-electron chi connectivity index (χ1n) is 5.43. The van der Waals surface area contributed by atoms with Gasteiger partial charge in [0.15, 0.2) is 5.82 Å². The monoisotopic (exact) mass is 312 g/mol. The van der Waals surface area contributed by atoms with Gasteiger partial charge in [-0.2, -0.15) is 0 Å². The van der Waals surface area contributed by atoms with E-state index in [1.165, 1.54) is 23.5 Å². The van der Waals surface area contributed by atoms with Gasteiger partial charge in [0, 0.05) is 5.39 Å². The molecule has 2 heterocycles. The Kier molecular flexibility index (Phi) is 3.17. The van der Waals surface area contributed by atoms with E-state index >= 15 is 0 Å². The third-order valence-electron chi connectivity index (χ3n) is 2.71. The van der Waals surface area contributed by atoms with Crippen molar-refractivity contribution in [2.45, 2.75) is 6.92 Å². The van der Waals surface area contributed by atoms with Gasteiger partial charge in [-0.15, -0.1) is 11.3 Å². The van der Waals surface area contributed by atoms with E-state index in [1.54, 1.807) is 6.07 Å². The minimum Gasteiger partial charge on any atom is -0.227 e. The summed E-state index contributed by atoms with van der Waals surface area (Å²) in [7, 11) is 0. The number of halogens is 3. The molecular formula is C13H7Cl2FN2S. The molecule has 0 N–H and O–H groups in total. The van der Waals surface area contributed by atoms with Crippen LogP contribution >= 0.6 is 34.5 Å². The predicted octanol–water partition coefficient (Wildman–Crippen LogP) is 5.11. The van der Waals surface area contributed by atoms with E-state index < -0.39 is 0 Å². The topological polar surface area (TPSA) is 25.8 Å². The average Bonchev–Trinajstić information content (AvgIpc) is 2.71. The van der Waals surface area contributed by atoms with Crippen LogP contribution in [-0.2, 0) is 0 Å². The van der Waals surface area contributed by atoms with Crippen LogP contribution in [0, 0.1) is 12.7 Å². The molecule has 3 aromatic rings. The van der Waals surface area contributed by atoms with E-state index in [0.717, 1.165) is 10.4 Å². The van der Waals surface area contributed by atoms with E-state index in [9.17, 15) is 4.39 Å². The van der Waals surface area contributed by atoms with Crippen LogP contribution in [0.5, 0.6) is 0 Å². The Hall–Kier alpha value is -1.23. The molecule has 0 radical (unpaired) electrons. The Bertz CT molecular complexity index is 786. The highest BCUT2D eigenvalue weighted by molar-refractivity contribution is 7.14. The molecule has 2 nitrogen and oxygen atoms in total. The number of hydrogen-bond donors (Lipinski definition) is 0. The number of rotatable bonds is 1. The van der Waals surface area contributed by atoms with Gasteiger partial charge >= 0.3 is 0 Å². The average molecular weight is 313 g/mol. The normalized spacial score (nSPS) is 11.2. The summed E-state index contributed by atoms with van der Waals surface area (Å²) in [5.41, 5.74) is 1.57. The molecule has 0 atom stereocenters. The highest BCUT2D eigenvalue weighted by atomic mass is 35.5. The Balaban J connectivity index is 2.27. The Morgan fingerprint density at radius 3 is 2.68 bits per heavy atom. The largest absolute Gasteiger partial charge is 0.227 e. The number of nitrogens with zero attached hydrogens (tertiary/aromatic N) is 2. The van der Waals surface area contributed by atoms with Gasteiger partial charge in [-0.25, -0.2) is 14.4 Å². The smallest absolute Gasteiger partial charge is 0.173 e. The molecule has 0 saturated carbocycles. The van der Waals surface area contributed by atoms with Crippen molar-refractivity contribution in [2.24, 2.45) is 0 Å². The Morgan fingerprint density at radius 2 is 2.00 bits per heavy atom. The van der Waals surface area contributed by atoms with Gasteiger partial charge in [-0.3, -0.25) is 0 Å². The van der Waals surface area contributed by atoms with Crippen molar-refractivity contribution in [3.05, 3.63) is 45.1 Å². The van der Waals surface area contributed by atoms with E-state index in [-0.39, 0.29) is 11.0 Å². The molecule has 96 valence electrons. The summed E-state index contributed by atoms with van der Waals surface area (Å²) < 4.78 is 13.2. The summed E-state index contributed by atoms with van der Waals surface area (Å²) in [5.74, 6) is 0.1000. The molecule has 0 aliphatic rings. The van der Waals surface area contributed by atoms with Crippen molar-refractivity contribution in [1.29, 1.82) is 0 Å². The SMILES string of the molecule is Cc1csc(-c2nc(Cl)c3cc(F)ccc3n2)c1Cl. The number of aryl methyl sites for hydroxylation is 1. The fraction of sp³-hybridized carbons (Fsp3) is 0.0769.